The van der Waals surface area contributed by atoms with Crippen molar-refractivity contribution in [3.63, 3.8) is 0 Å². The number of amides is 1. The van der Waals surface area contributed by atoms with Gasteiger partial charge in [-0.15, -0.1) is 0 Å². The highest BCUT2D eigenvalue weighted by molar-refractivity contribution is 7.91. The maximum atomic E-state index is 12.4. The number of hydrogen-bond acceptors (Lipinski definition) is 5. The van der Waals surface area contributed by atoms with E-state index in [1.54, 1.807) is 17.0 Å². The van der Waals surface area contributed by atoms with E-state index in [9.17, 15) is 13.2 Å². The minimum Gasteiger partial charge on any atom is -0.370 e. The molecule has 1 fully saturated rings. The number of sulfone groups is 1. The van der Waals surface area contributed by atoms with Crippen molar-refractivity contribution in [3.8, 4) is 0 Å². The summed E-state index contributed by atoms with van der Waals surface area (Å²) < 4.78 is 23.2. The first kappa shape index (κ1) is 15.8. The maximum Gasteiger partial charge on any atom is 0.272 e. The summed E-state index contributed by atoms with van der Waals surface area (Å²) in [6, 6.07) is 5.27. The van der Waals surface area contributed by atoms with E-state index in [2.05, 4.69) is 17.2 Å². The normalized spacial score (nSPS) is 18.0. The van der Waals surface area contributed by atoms with Gasteiger partial charge in [-0.2, -0.15) is 0 Å². The van der Waals surface area contributed by atoms with Gasteiger partial charge in [-0.25, -0.2) is 13.4 Å². The standard InChI is InChI=1S/C14H21N3O3S/c1-2-7-15-13-6-3-5-12(16-13)14(18)17-8-4-10-21(19,20)11-9-17/h3,5-6H,2,4,7-11H2,1H3,(H,15,16). The van der Waals surface area contributed by atoms with Crippen molar-refractivity contribution in [2.45, 2.75) is 19.8 Å². The molecule has 0 unspecified atom stereocenters. The molecule has 1 aliphatic rings. The van der Waals surface area contributed by atoms with Gasteiger partial charge in [0, 0.05) is 19.6 Å². The van der Waals surface area contributed by atoms with E-state index >= 15 is 0 Å². The predicted octanol–water partition coefficient (Wildman–Crippen LogP) is 1.16. The van der Waals surface area contributed by atoms with Crippen LogP contribution in [0, 0.1) is 0 Å². The van der Waals surface area contributed by atoms with Crippen molar-refractivity contribution in [3.05, 3.63) is 23.9 Å². The molecule has 0 saturated carbocycles. The average Bonchev–Trinajstić information content (AvgIpc) is 2.65. The van der Waals surface area contributed by atoms with Gasteiger partial charge in [0.25, 0.3) is 5.91 Å². The fourth-order valence-electron chi connectivity index (χ4n) is 2.21. The van der Waals surface area contributed by atoms with Crippen LogP contribution in [-0.4, -0.2) is 55.3 Å². The second kappa shape index (κ2) is 6.89. The first-order chi connectivity index (χ1) is 10.0. The van der Waals surface area contributed by atoms with Crippen molar-refractivity contribution in [1.82, 2.24) is 9.88 Å². The van der Waals surface area contributed by atoms with Crippen LogP contribution in [0.15, 0.2) is 18.2 Å². The lowest BCUT2D eigenvalue weighted by atomic mass is 10.3. The Bertz CT molecular complexity index is 601. The van der Waals surface area contributed by atoms with Crippen LogP contribution in [0.3, 0.4) is 0 Å². The third kappa shape index (κ3) is 4.42. The molecule has 0 radical (unpaired) electrons. The minimum atomic E-state index is -3.01. The van der Waals surface area contributed by atoms with Crippen molar-refractivity contribution in [2.24, 2.45) is 0 Å². The smallest absolute Gasteiger partial charge is 0.272 e. The number of carbonyl (C=O) groups excluding carboxylic acids is 1. The Labute approximate surface area is 125 Å². The van der Waals surface area contributed by atoms with E-state index in [0.717, 1.165) is 13.0 Å². The van der Waals surface area contributed by atoms with Gasteiger partial charge in [-0.1, -0.05) is 13.0 Å². The van der Waals surface area contributed by atoms with Crippen molar-refractivity contribution < 1.29 is 13.2 Å². The van der Waals surface area contributed by atoms with Crippen LogP contribution in [0.4, 0.5) is 5.82 Å². The van der Waals surface area contributed by atoms with E-state index in [1.807, 2.05) is 6.07 Å². The van der Waals surface area contributed by atoms with Crippen molar-refractivity contribution in [1.29, 1.82) is 0 Å². The summed E-state index contributed by atoms with van der Waals surface area (Å²) in [7, 11) is -3.01. The highest BCUT2D eigenvalue weighted by Crippen LogP contribution is 2.11. The Hall–Kier alpha value is -1.63. The lowest BCUT2D eigenvalue weighted by Gasteiger charge is -2.19. The molecule has 2 heterocycles. The van der Waals surface area contributed by atoms with Crippen LogP contribution < -0.4 is 5.32 Å². The Kier molecular flexibility index (Phi) is 5.17. The molecule has 1 aromatic heterocycles. The molecular formula is C14H21N3O3S. The lowest BCUT2D eigenvalue weighted by Crippen LogP contribution is -2.34. The number of aromatic nitrogens is 1. The minimum absolute atomic E-state index is 0.0342. The van der Waals surface area contributed by atoms with Gasteiger partial charge in [0.05, 0.1) is 11.5 Å². The molecular weight excluding hydrogens is 290 g/mol. The molecule has 0 bridgehead atoms. The van der Waals surface area contributed by atoms with Gasteiger partial charge < -0.3 is 10.2 Å². The molecule has 116 valence electrons. The monoisotopic (exact) mass is 311 g/mol. The van der Waals surface area contributed by atoms with E-state index in [1.165, 1.54) is 0 Å². The molecule has 1 aromatic rings. The fraction of sp³-hybridized carbons (Fsp3) is 0.571. The zero-order valence-corrected chi connectivity index (χ0v) is 13.0. The van der Waals surface area contributed by atoms with Gasteiger partial charge in [0.15, 0.2) is 9.84 Å². The molecule has 1 aliphatic heterocycles. The van der Waals surface area contributed by atoms with E-state index in [-0.39, 0.29) is 24.0 Å². The number of rotatable bonds is 4. The van der Waals surface area contributed by atoms with E-state index in [0.29, 0.717) is 24.5 Å². The van der Waals surface area contributed by atoms with Crippen LogP contribution in [0.25, 0.3) is 0 Å². The van der Waals surface area contributed by atoms with Gasteiger partial charge in [0.2, 0.25) is 0 Å². The Balaban J connectivity index is 2.08. The van der Waals surface area contributed by atoms with Gasteiger partial charge >= 0.3 is 0 Å². The topological polar surface area (TPSA) is 79.4 Å². The van der Waals surface area contributed by atoms with Crippen LogP contribution in [-0.2, 0) is 9.84 Å². The first-order valence-electron chi connectivity index (χ1n) is 7.22. The van der Waals surface area contributed by atoms with Crippen LogP contribution >= 0.6 is 0 Å². The Morgan fingerprint density at radius 2 is 2.14 bits per heavy atom. The number of anilines is 1. The summed E-state index contributed by atoms with van der Waals surface area (Å²) >= 11 is 0. The molecule has 7 heteroatoms. The summed E-state index contributed by atoms with van der Waals surface area (Å²) in [5, 5.41) is 3.14. The summed E-state index contributed by atoms with van der Waals surface area (Å²) in [4.78, 5) is 18.3. The summed E-state index contributed by atoms with van der Waals surface area (Å²) in [6.07, 6.45) is 1.46. The largest absolute Gasteiger partial charge is 0.370 e. The Morgan fingerprint density at radius 1 is 1.33 bits per heavy atom. The number of nitrogens with one attached hydrogen (secondary N) is 1. The molecule has 1 amide bonds. The molecule has 0 aliphatic carbocycles. The van der Waals surface area contributed by atoms with E-state index < -0.39 is 9.84 Å². The molecule has 1 N–H and O–H groups in total. The number of nitrogens with zero attached hydrogens (tertiary/aromatic N) is 2. The van der Waals surface area contributed by atoms with Crippen LogP contribution in [0.5, 0.6) is 0 Å². The second-order valence-corrected chi connectivity index (χ2v) is 7.44. The van der Waals surface area contributed by atoms with Crippen LogP contribution in [0.2, 0.25) is 0 Å². The highest BCUT2D eigenvalue weighted by Gasteiger charge is 2.24. The first-order valence-corrected chi connectivity index (χ1v) is 9.04. The predicted molar refractivity (Wildman–Crippen MR) is 82.2 cm³/mol. The lowest BCUT2D eigenvalue weighted by molar-refractivity contribution is 0.0763. The SMILES string of the molecule is CCCNc1cccc(C(=O)N2CCCS(=O)(=O)CC2)n1. The van der Waals surface area contributed by atoms with E-state index in [4.69, 9.17) is 0 Å². The fourth-order valence-corrected chi connectivity index (χ4v) is 3.48. The number of pyridine rings is 1. The third-order valence-electron chi connectivity index (χ3n) is 3.37. The third-order valence-corrected chi connectivity index (χ3v) is 5.08. The zero-order valence-electron chi connectivity index (χ0n) is 12.2. The van der Waals surface area contributed by atoms with Gasteiger partial charge in [0.1, 0.15) is 11.5 Å². The van der Waals surface area contributed by atoms with Gasteiger partial charge in [-0.05, 0) is 25.0 Å². The zero-order chi connectivity index (χ0) is 15.3. The average molecular weight is 311 g/mol. The molecule has 21 heavy (non-hydrogen) atoms. The summed E-state index contributed by atoms with van der Waals surface area (Å²) in [6.45, 7) is 3.56. The molecule has 1 saturated heterocycles. The second-order valence-electron chi connectivity index (χ2n) is 5.13. The maximum absolute atomic E-state index is 12.4. The van der Waals surface area contributed by atoms with Crippen LogP contribution in [0.1, 0.15) is 30.3 Å². The van der Waals surface area contributed by atoms with Gasteiger partial charge in [-0.3, -0.25) is 4.79 Å². The highest BCUT2D eigenvalue weighted by atomic mass is 32.2. The molecule has 2 rings (SSSR count). The summed E-state index contributed by atoms with van der Waals surface area (Å²) in [5.74, 6) is 0.659. The number of carbonyl (C=O) groups is 1. The Morgan fingerprint density at radius 3 is 2.90 bits per heavy atom. The van der Waals surface area contributed by atoms with Crippen molar-refractivity contribution in [2.75, 3.05) is 36.5 Å². The summed E-state index contributed by atoms with van der Waals surface area (Å²) in [5.41, 5.74) is 0.357. The number of hydrogen-bond donors (Lipinski definition) is 1. The molecule has 0 atom stereocenters. The molecule has 0 aromatic carbocycles. The van der Waals surface area contributed by atoms with Crippen molar-refractivity contribution >= 4 is 21.6 Å². The molecule has 6 nitrogen and oxygen atoms in total. The molecule has 0 spiro atoms. The quantitative estimate of drug-likeness (QED) is 0.903.